The molecular formula is C22H43BO6P+. The molecule has 8 heteroatoms. The first-order valence-corrected chi connectivity index (χ1v) is 13.2. The van der Waals surface area contributed by atoms with Crippen molar-refractivity contribution in [2.45, 2.75) is 128 Å². The minimum atomic E-state index is -2.81. The van der Waals surface area contributed by atoms with Gasteiger partial charge in [0.1, 0.15) is 20.1 Å². The van der Waals surface area contributed by atoms with Crippen molar-refractivity contribution in [2.75, 3.05) is 13.2 Å². The van der Waals surface area contributed by atoms with Crippen molar-refractivity contribution >= 4 is 16.1 Å². The van der Waals surface area contributed by atoms with E-state index in [1.807, 2.05) is 0 Å². The van der Waals surface area contributed by atoms with E-state index < -0.39 is 32.6 Å². The Morgan fingerprint density at radius 3 is 1.73 bits per heavy atom. The van der Waals surface area contributed by atoms with E-state index in [-0.39, 0.29) is 6.61 Å². The van der Waals surface area contributed by atoms with Gasteiger partial charge in [-0.1, -0.05) is 96.8 Å². The maximum absolute atomic E-state index is 11.0. The minimum absolute atomic E-state index is 0.333. The molecule has 0 aromatic carbocycles. The average Bonchev–Trinajstić information content (AvgIpc) is 3.01. The third-order valence-corrected chi connectivity index (χ3v) is 6.22. The number of hydrogen-bond acceptors (Lipinski definition) is 5. The van der Waals surface area contributed by atoms with Crippen molar-refractivity contribution in [1.82, 2.24) is 0 Å². The molecule has 0 saturated carbocycles. The van der Waals surface area contributed by atoms with Gasteiger partial charge in [0.2, 0.25) is 0 Å². The molecule has 1 rings (SSSR count). The standard InChI is InChI=1S/C22H42BO6P/c1-2-3-4-5-6-7-8-9-10-11-12-13-14-15-16-17-27-21-20(29-30(25)26)19(18-24)28-22(21)23/h19-22,24H,2-18H2,1H3/p+1. The van der Waals surface area contributed by atoms with Gasteiger partial charge in [-0.2, -0.15) is 0 Å². The van der Waals surface area contributed by atoms with Crippen LogP contribution in [0.4, 0.5) is 0 Å². The smallest absolute Gasteiger partial charge is 0.394 e. The van der Waals surface area contributed by atoms with E-state index in [1.54, 1.807) is 0 Å². The summed E-state index contributed by atoms with van der Waals surface area (Å²) in [6, 6.07) is -0.765. The number of rotatable bonds is 20. The van der Waals surface area contributed by atoms with Crippen molar-refractivity contribution < 1.29 is 28.6 Å². The summed E-state index contributed by atoms with van der Waals surface area (Å²) >= 11 is 0. The van der Waals surface area contributed by atoms with Crippen LogP contribution < -0.4 is 0 Å². The highest BCUT2D eigenvalue weighted by Crippen LogP contribution is 2.31. The molecule has 1 aliphatic rings. The second-order valence-electron chi connectivity index (χ2n) is 8.41. The second-order valence-corrected chi connectivity index (χ2v) is 9.10. The van der Waals surface area contributed by atoms with Gasteiger partial charge in [-0.15, -0.1) is 9.42 Å². The van der Waals surface area contributed by atoms with Crippen LogP contribution in [0, 0.1) is 0 Å². The Kier molecular flexibility index (Phi) is 17.3. The van der Waals surface area contributed by atoms with Crippen LogP contribution in [0.25, 0.3) is 0 Å². The van der Waals surface area contributed by atoms with Crippen LogP contribution in [0.1, 0.15) is 103 Å². The topological polar surface area (TPSA) is 85.2 Å². The number of aliphatic hydroxyl groups is 1. The summed E-state index contributed by atoms with van der Waals surface area (Å²) in [5.74, 6) is 0. The maximum atomic E-state index is 11.0. The summed E-state index contributed by atoms with van der Waals surface area (Å²) in [4.78, 5) is 9.00. The number of hydrogen-bond donors (Lipinski definition) is 2. The molecule has 0 amide bonds. The highest BCUT2D eigenvalue weighted by atomic mass is 31.1. The lowest BCUT2D eigenvalue weighted by Gasteiger charge is -2.18. The first kappa shape index (κ1) is 28.0. The van der Waals surface area contributed by atoms with Gasteiger partial charge in [0.05, 0.1) is 6.61 Å². The van der Waals surface area contributed by atoms with Gasteiger partial charge < -0.3 is 14.6 Å². The third kappa shape index (κ3) is 12.7. The summed E-state index contributed by atoms with van der Waals surface area (Å²) in [5, 5.41) is 9.30. The summed E-state index contributed by atoms with van der Waals surface area (Å²) in [6.45, 7) is 2.43. The molecule has 174 valence electrons. The van der Waals surface area contributed by atoms with Gasteiger partial charge >= 0.3 is 8.25 Å². The van der Waals surface area contributed by atoms with Gasteiger partial charge in [0.25, 0.3) is 0 Å². The van der Waals surface area contributed by atoms with Crippen LogP contribution >= 0.6 is 8.25 Å². The van der Waals surface area contributed by atoms with E-state index in [9.17, 15) is 9.67 Å². The summed E-state index contributed by atoms with van der Waals surface area (Å²) in [5.41, 5.74) is 0. The fourth-order valence-corrected chi connectivity index (χ4v) is 4.48. The largest absolute Gasteiger partial charge is 0.695 e. The Hall–Kier alpha value is -0.0351. The first-order chi connectivity index (χ1) is 14.6. The van der Waals surface area contributed by atoms with Crippen LogP contribution in [0.15, 0.2) is 0 Å². The molecule has 5 unspecified atom stereocenters. The fourth-order valence-electron chi connectivity index (χ4n) is 4.02. The average molecular weight is 445 g/mol. The predicted octanol–water partition coefficient (Wildman–Crippen LogP) is 5.16. The zero-order valence-corrected chi connectivity index (χ0v) is 19.8. The van der Waals surface area contributed by atoms with Crippen LogP contribution in [-0.2, 0) is 18.6 Å². The van der Waals surface area contributed by atoms with E-state index in [1.165, 1.54) is 83.5 Å². The monoisotopic (exact) mass is 445 g/mol. The van der Waals surface area contributed by atoms with Crippen molar-refractivity contribution in [3.8, 4) is 0 Å². The molecule has 5 atom stereocenters. The maximum Gasteiger partial charge on any atom is 0.695 e. The summed E-state index contributed by atoms with van der Waals surface area (Å²) in [7, 11) is 3.06. The minimum Gasteiger partial charge on any atom is -0.394 e. The van der Waals surface area contributed by atoms with Crippen molar-refractivity contribution in [3.63, 3.8) is 0 Å². The number of unbranched alkanes of at least 4 members (excludes halogenated alkanes) is 14. The Bertz CT molecular complexity index is 428. The molecule has 0 aromatic rings. The van der Waals surface area contributed by atoms with Gasteiger partial charge in [0.15, 0.2) is 6.10 Å². The highest BCUT2D eigenvalue weighted by molar-refractivity contribution is 7.32. The molecule has 0 spiro atoms. The molecule has 2 N–H and O–H groups in total. The molecular weight excluding hydrogens is 402 g/mol. The Morgan fingerprint density at radius 1 is 0.833 bits per heavy atom. The zero-order chi connectivity index (χ0) is 22.0. The predicted molar refractivity (Wildman–Crippen MR) is 121 cm³/mol. The Morgan fingerprint density at radius 2 is 1.30 bits per heavy atom. The van der Waals surface area contributed by atoms with E-state index in [0.717, 1.165) is 12.8 Å². The van der Waals surface area contributed by atoms with Crippen molar-refractivity contribution in [2.24, 2.45) is 0 Å². The quantitative estimate of drug-likeness (QED) is 0.153. The number of ether oxygens (including phenoxy) is 2. The molecule has 2 radical (unpaired) electrons. The van der Waals surface area contributed by atoms with E-state index in [0.29, 0.717) is 6.61 Å². The molecule has 1 aliphatic heterocycles. The van der Waals surface area contributed by atoms with Crippen LogP contribution in [0.3, 0.4) is 0 Å². The van der Waals surface area contributed by atoms with E-state index in [4.69, 9.17) is 26.7 Å². The fraction of sp³-hybridized carbons (Fsp3) is 1.00. The SMILES string of the molecule is [B]C1OC(CO)C(O[P+](=O)O)C1OCCCCCCCCCCCCCCCCC. The van der Waals surface area contributed by atoms with Crippen LogP contribution in [0.2, 0.25) is 0 Å². The van der Waals surface area contributed by atoms with Gasteiger partial charge in [0, 0.05) is 17.2 Å². The Labute approximate surface area is 185 Å². The van der Waals surface area contributed by atoms with Crippen molar-refractivity contribution in [1.29, 1.82) is 0 Å². The van der Waals surface area contributed by atoms with Crippen LogP contribution in [-0.4, -0.2) is 55.4 Å². The normalized spacial score (nSPS) is 24.4. The second kappa shape index (κ2) is 18.5. The molecule has 30 heavy (non-hydrogen) atoms. The lowest BCUT2D eigenvalue weighted by molar-refractivity contribution is -0.0176. The molecule has 0 bridgehead atoms. The van der Waals surface area contributed by atoms with Gasteiger partial charge in [-0.3, -0.25) is 0 Å². The molecule has 1 heterocycles. The van der Waals surface area contributed by atoms with Crippen LogP contribution in [0.5, 0.6) is 0 Å². The van der Waals surface area contributed by atoms with Gasteiger partial charge in [-0.25, -0.2) is 0 Å². The molecule has 1 fully saturated rings. The summed E-state index contributed by atoms with van der Waals surface area (Å²) < 4.78 is 27.0. The van der Waals surface area contributed by atoms with Crippen molar-refractivity contribution in [3.05, 3.63) is 0 Å². The zero-order valence-electron chi connectivity index (χ0n) is 18.9. The molecule has 6 nitrogen and oxygen atoms in total. The summed E-state index contributed by atoms with van der Waals surface area (Å²) in [6.07, 6.45) is 17.3. The third-order valence-electron chi connectivity index (χ3n) is 5.80. The van der Waals surface area contributed by atoms with E-state index in [2.05, 4.69) is 6.92 Å². The highest BCUT2D eigenvalue weighted by Gasteiger charge is 2.48. The molecule has 0 aliphatic carbocycles. The lowest BCUT2D eigenvalue weighted by atomic mass is 9.93. The lowest BCUT2D eigenvalue weighted by Crippen LogP contribution is -2.37. The molecule has 0 aromatic heterocycles. The first-order valence-electron chi connectivity index (χ1n) is 12.1. The van der Waals surface area contributed by atoms with Gasteiger partial charge in [-0.05, 0) is 6.42 Å². The Balaban J connectivity index is 1.94. The van der Waals surface area contributed by atoms with E-state index >= 15 is 0 Å². The number of aliphatic hydroxyl groups excluding tert-OH is 1. The molecule has 1 saturated heterocycles.